The fourth-order valence-corrected chi connectivity index (χ4v) is 1.03. The lowest BCUT2D eigenvalue weighted by Gasteiger charge is -2.05. The molecule has 0 radical (unpaired) electrons. The molecule has 0 amide bonds. The van der Waals surface area contributed by atoms with Crippen LogP contribution in [0, 0.1) is 0 Å². The molecule has 0 aliphatic heterocycles. The average Bonchev–Trinajstić information content (AvgIpc) is 2.16. The zero-order chi connectivity index (χ0) is 8.97. The van der Waals surface area contributed by atoms with E-state index in [1.54, 1.807) is 25.3 Å². The number of carbonyl (C=O) groups is 1. The maximum atomic E-state index is 10.4. The first-order chi connectivity index (χ1) is 5.81. The van der Waals surface area contributed by atoms with Crippen molar-refractivity contribution in [1.29, 1.82) is 0 Å². The van der Waals surface area contributed by atoms with E-state index in [2.05, 4.69) is 0 Å². The summed E-state index contributed by atoms with van der Waals surface area (Å²) in [6, 6.07) is 5.17. The first-order valence-corrected chi connectivity index (χ1v) is 3.64. The van der Waals surface area contributed by atoms with Gasteiger partial charge in [0.2, 0.25) is 0 Å². The molecule has 0 spiro atoms. The molecule has 1 aromatic carbocycles. The summed E-state index contributed by atoms with van der Waals surface area (Å²) in [5.74, 6) is 0.725. The van der Waals surface area contributed by atoms with E-state index in [-0.39, 0.29) is 0 Å². The van der Waals surface area contributed by atoms with Gasteiger partial charge in [-0.25, -0.2) is 0 Å². The molecule has 0 saturated carbocycles. The summed E-state index contributed by atoms with van der Waals surface area (Å²) in [7, 11) is 1.58. The van der Waals surface area contributed by atoms with E-state index in [0.717, 1.165) is 17.6 Å². The van der Waals surface area contributed by atoms with E-state index in [1.807, 2.05) is 0 Å². The van der Waals surface area contributed by atoms with Crippen molar-refractivity contribution in [2.45, 2.75) is 6.54 Å². The van der Waals surface area contributed by atoms with Gasteiger partial charge in [-0.05, 0) is 18.2 Å². The van der Waals surface area contributed by atoms with Crippen molar-refractivity contribution in [2.75, 3.05) is 7.11 Å². The molecule has 0 atom stereocenters. The molecular formula is C9H11NO2. The SMILES string of the molecule is COc1ccc(C=O)cc1CN. The standard InChI is InChI=1S/C9H11NO2/c1-12-9-3-2-7(6-11)4-8(9)5-10/h2-4,6H,5,10H2,1H3. The van der Waals surface area contributed by atoms with E-state index in [9.17, 15) is 4.79 Å². The number of aldehydes is 1. The van der Waals surface area contributed by atoms with Gasteiger partial charge in [0.25, 0.3) is 0 Å². The van der Waals surface area contributed by atoms with Crippen LogP contribution in [0.4, 0.5) is 0 Å². The highest BCUT2D eigenvalue weighted by Gasteiger charge is 2.01. The Morgan fingerprint density at radius 2 is 2.33 bits per heavy atom. The Balaban J connectivity index is 3.10. The van der Waals surface area contributed by atoms with Crippen molar-refractivity contribution in [3.63, 3.8) is 0 Å². The van der Waals surface area contributed by atoms with Crippen molar-refractivity contribution in [3.05, 3.63) is 29.3 Å². The summed E-state index contributed by atoms with van der Waals surface area (Å²) in [6.07, 6.45) is 0.790. The van der Waals surface area contributed by atoms with Gasteiger partial charge < -0.3 is 10.5 Å². The van der Waals surface area contributed by atoms with Gasteiger partial charge in [-0.3, -0.25) is 4.79 Å². The molecule has 2 N–H and O–H groups in total. The molecule has 0 unspecified atom stereocenters. The maximum Gasteiger partial charge on any atom is 0.150 e. The van der Waals surface area contributed by atoms with Crippen LogP contribution in [-0.2, 0) is 6.54 Å². The van der Waals surface area contributed by atoms with Crippen molar-refractivity contribution in [3.8, 4) is 5.75 Å². The third-order valence-electron chi connectivity index (χ3n) is 1.66. The second-order valence-electron chi connectivity index (χ2n) is 2.39. The Bertz CT molecular complexity index is 284. The summed E-state index contributed by atoms with van der Waals surface area (Å²) in [5, 5.41) is 0. The molecular weight excluding hydrogens is 154 g/mol. The summed E-state index contributed by atoms with van der Waals surface area (Å²) >= 11 is 0. The smallest absolute Gasteiger partial charge is 0.150 e. The number of methoxy groups -OCH3 is 1. The van der Waals surface area contributed by atoms with Crippen LogP contribution in [0.1, 0.15) is 15.9 Å². The van der Waals surface area contributed by atoms with Gasteiger partial charge in [-0.15, -0.1) is 0 Å². The number of carbonyl (C=O) groups excluding carboxylic acids is 1. The first kappa shape index (κ1) is 8.74. The third-order valence-corrected chi connectivity index (χ3v) is 1.66. The Kier molecular flexibility index (Phi) is 2.82. The maximum absolute atomic E-state index is 10.4. The second kappa shape index (κ2) is 3.88. The van der Waals surface area contributed by atoms with Crippen LogP contribution in [-0.4, -0.2) is 13.4 Å². The van der Waals surface area contributed by atoms with Crippen molar-refractivity contribution < 1.29 is 9.53 Å². The van der Waals surface area contributed by atoms with E-state index in [4.69, 9.17) is 10.5 Å². The molecule has 0 aliphatic carbocycles. The lowest BCUT2D eigenvalue weighted by molar-refractivity contribution is 0.112. The Morgan fingerprint density at radius 3 is 2.83 bits per heavy atom. The number of hydrogen-bond donors (Lipinski definition) is 1. The van der Waals surface area contributed by atoms with E-state index >= 15 is 0 Å². The molecule has 64 valence electrons. The highest BCUT2D eigenvalue weighted by atomic mass is 16.5. The molecule has 0 fully saturated rings. The largest absolute Gasteiger partial charge is 0.496 e. The molecule has 3 nitrogen and oxygen atoms in total. The van der Waals surface area contributed by atoms with Crippen LogP contribution in [0.2, 0.25) is 0 Å². The number of hydrogen-bond acceptors (Lipinski definition) is 3. The number of rotatable bonds is 3. The zero-order valence-corrected chi connectivity index (χ0v) is 6.91. The van der Waals surface area contributed by atoms with E-state index < -0.39 is 0 Å². The normalized spacial score (nSPS) is 9.50. The predicted octanol–water partition coefficient (Wildman–Crippen LogP) is 0.966. The fraction of sp³-hybridized carbons (Fsp3) is 0.222. The summed E-state index contributed by atoms with van der Waals surface area (Å²) < 4.78 is 5.04. The highest BCUT2D eigenvalue weighted by Crippen LogP contribution is 2.18. The molecule has 12 heavy (non-hydrogen) atoms. The molecule has 0 heterocycles. The monoisotopic (exact) mass is 165 g/mol. The van der Waals surface area contributed by atoms with Crippen LogP contribution in [0.15, 0.2) is 18.2 Å². The lowest BCUT2D eigenvalue weighted by Crippen LogP contribution is -2.00. The van der Waals surface area contributed by atoms with Crippen LogP contribution < -0.4 is 10.5 Å². The molecule has 0 bridgehead atoms. The van der Waals surface area contributed by atoms with Gasteiger partial charge in [-0.2, -0.15) is 0 Å². The minimum Gasteiger partial charge on any atom is -0.496 e. The second-order valence-corrected chi connectivity index (χ2v) is 2.39. The predicted molar refractivity (Wildman–Crippen MR) is 46.3 cm³/mol. The van der Waals surface area contributed by atoms with Gasteiger partial charge in [0.1, 0.15) is 12.0 Å². The topological polar surface area (TPSA) is 52.3 Å². The highest BCUT2D eigenvalue weighted by molar-refractivity contribution is 5.75. The summed E-state index contributed by atoms with van der Waals surface area (Å²) in [4.78, 5) is 10.4. The van der Waals surface area contributed by atoms with Crippen molar-refractivity contribution >= 4 is 6.29 Å². The molecule has 0 aliphatic rings. The van der Waals surface area contributed by atoms with Crippen LogP contribution in [0.5, 0.6) is 5.75 Å². The van der Waals surface area contributed by atoms with Gasteiger partial charge >= 0.3 is 0 Å². The minimum absolute atomic E-state index is 0.380. The quantitative estimate of drug-likeness (QED) is 0.679. The van der Waals surface area contributed by atoms with Gasteiger partial charge in [0, 0.05) is 17.7 Å². The Labute approximate surface area is 71.1 Å². The fourth-order valence-electron chi connectivity index (χ4n) is 1.03. The van der Waals surface area contributed by atoms with E-state index in [1.165, 1.54) is 0 Å². The zero-order valence-electron chi connectivity index (χ0n) is 6.91. The van der Waals surface area contributed by atoms with Crippen LogP contribution in [0.25, 0.3) is 0 Å². The Morgan fingerprint density at radius 1 is 1.58 bits per heavy atom. The van der Waals surface area contributed by atoms with Crippen molar-refractivity contribution in [1.82, 2.24) is 0 Å². The summed E-state index contributed by atoms with van der Waals surface area (Å²) in [5.41, 5.74) is 6.92. The summed E-state index contributed by atoms with van der Waals surface area (Å²) in [6.45, 7) is 0.380. The molecule has 0 aromatic heterocycles. The lowest BCUT2D eigenvalue weighted by atomic mass is 10.1. The van der Waals surface area contributed by atoms with E-state index in [0.29, 0.717) is 12.1 Å². The molecule has 0 saturated heterocycles. The molecule has 1 rings (SSSR count). The van der Waals surface area contributed by atoms with Crippen molar-refractivity contribution in [2.24, 2.45) is 5.73 Å². The average molecular weight is 165 g/mol. The molecule has 3 heteroatoms. The number of benzene rings is 1. The molecule has 1 aromatic rings. The minimum atomic E-state index is 0.380. The first-order valence-electron chi connectivity index (χ1n) is 3.64. The number of ether oxygens (including phenoxy) is 1. The van der Waals surface area contributed by atoms with Gasteiger partial charge in [0.15, 0.2) is 0 Å². The van der Waals surface area contributed by atoms with Crippen LogP contribution >= 0.6 is 0 Å². The van der Waals surface area contributed by atoms with Gasteiger partial charge in [-0.1, -0.05) is 0 Å². The third kappa shape index (κ3) is 1.62. The Hall–Kier alpha value is -1.35. The van der Waals surface area contributed by atoms with Gasteiger partial charge in [0.05, 0.1) is 7.11 Å². The number of nitrogens with two attached hydrogens (primary N) is 1. The van der Waals surface area contributed by atoms with Crippen LogP contribution in [0.3, 0.4) is 0 Å².